The van der Waals surface area contributed by atoms with Gasteiger partial charge in [0.25, 0.3) is 0 Å². The van der Waals surface area contributed by atoms with Crippen LogP contribution in [0.2, 0.25) is 0 Å². The lowest BCUT2D eigenvalue weighted by molar-refractivity contribution is 0.0697. The van der Waals surface area contributed by atoms with Gasteiger partial charge in [0, 0.05) is 0 Å². The summed E-state index contributed by atoms with van der Waals surface area (Å²) in [6.45, 7) is 0. The molecule has 1 fully saturated rings. The van der Waals surface area contributed by atoms with Gasteiger partial charge in [-0.3, -0.25) is 0 Å². The molecule has 2 aromatic carbocycles. The lowest BCUT2D eigenvalue weighted by atomic mass is 10.0. The van der Waals surface area contributed by atoms with E-state index in [9.17, 15) is 4.79 Å². The molecule has 0 spiro atoms. The molecule has 4 nitrogen and oxygen atoms in total. The van der Waals surface area contributed by atoms with Crippen LogP contribution in [0.4, 0.5) is 0 Å². The quantitative estimate of drug-likeness (QED) is 0.890. The molecule has 0 saturated heterocycles. The molecule has 0 unspecified atom stereocenters. The Morgan fingerprint density at radius 2 is 1.65 bits per heavy atom. The first-order chi connectivity index (χ1) is 11.2. The second kappa shape index (κ2) is 6.73. The van der Waals surface area contributed by atoms with E-state index in [2.05, 4.69) is 0 Å². The molecule has 0 amide bonds. The first-order valence-corrected chi connectivity index (χ1v) is 7.86. The Balaban J connectivity index is 1.88. The molecule has 0 bridgehead atoms. The van der Waals surface area contributed by atoms with Crippen molar-refractivity contribution in [2.45, 2.75) is 31.8 Å². The summed E-state index contributed by atoms with van der Waals surface area (Å²) in [5.74, 6) is 0.554. The predicted octanol–water partition coefficient (Wildman–Crippen LogP) is 4.38. The molecule has 1 aliphatic rings. The van der Waals surface area contributed by atoms with Gasteiger partial charge in [-0.1, -0.05) is 18.2 Å². The smallest absolute Gasteiger partial charge is 0.335 e. The maximum Gasteiger partial charge on any atom is 0.335 e. The molecule has 120 valence electrons. The van der Waals surface area contributed by atoms with Crippen molar-refractivity contribution in [1.29, 1.82) is 0 Å². The van der Waals surface area contributed by atoms with Crippen LogP contribution >= 0.6 is 0 Å². The first kappa shape index (κ1) is 15.4. The molecule has 4 heteroatoms. The Morgan fingerprint density at radius 1 is 1.00 bits per heavy atom. The number of ether oxygens (including phenoxy) is 2. The third-order valence-electron chi connectivity index (χ3n) is 4.22. The molecular formula is C19H20O4. The first-order valence-electron chi connectivity index (χ1n) is 7.86. The Bertz CT molecular complexity index is 685. The second-order valence-corrected chi connectivity index (χ2v) is 5.77. The SMILES string of the molecule is COc1ccc(-c2ccc(C(=O)O)cc2)cc1OC1CCCC1. The van der Waals surface area contributed by atoms with E-state index in [1.54, 1.807) is 19.2 Å². The number of benzene rings is 2. The van der Waals surface area contributed by atoms with Crippen molar-refractivity contribution in [2.75, 3.05) is 7.11 Å². The Morgan fingerprint density at radius 3 is 2.26 bits per heavy atom. The van der Waals surface area contributed by atoms with Gasteiger partial charge in [-0.2, -0.15) is 0 Å². The normalized spacial score (nSPS) is 14.7. The summed E-state index contributed by atoms with van der Waals surface area (Å²) in [7, 11) is 1.64. The monoisotopic (exact) mass is 312 g/mol. The summed E-state index contributed by atoms with van der Waals surface area (Å²) in [5.41, 5.74) is 2.22. The average molecular weight is 312 g/mol. The highest BCUT2D eigenvalue weighted by Gasteiger charge is 2.18. The van der Waals surface area contributed by atoms with Gasteiger partial charge in [0.05, 0.1) is 18.8 Å². The van der Waals surface area contributed by atoms with Crippen molar-refractivity contribution in [1.82, 2.24) is 0 Å². The zero-order valence-corrected chi connectivity index (χ0v) is 13.1. The molecule has 1 saturated carbocycles. The van der Waals surface area contributed by atoms with Crippen LogP contribution in [0.3, 0.4) is 0 Å². The largest absolute Gasteiger partial charge is 0.493 e. The highest BCUT2D eigenvalue weighted by atomic mass is 16.5. The molecule has 1 aliphatic carbocycles. The fourth-order valence-corrected chi connectivity index (χ4v) is 2.94. The lowest BCUT2D eigenvalue weighted by Crippen LogP contribution is -2.11. The summed E-state index contributed by atoms with van der Waals surface area (Å²) in [6, 6.07) is 12.7. The van der Waals surface area contributed by atoms with Crippen molar-refractivity contribution in [3.8, 4) is 22.6 Å². The molecular weight excluding hydrogens is 292 g/mol. The summed E-state index contributed by atoms with van der Waals surface area (Å²) in [6.07, 6.45) is 4.85. The third kappa shape index (κ3) is 3.47. The van der Waals surface area contributed by atoms with Crippen molar-refractivity contribution >= 4 is 5.97 Å². The van der Waals surface area contributed by atoms with Gasteiger partial charge in [-0.25, -0.2) is 4.79 Å². The van der Waals surface area contributed by atoms with Crippen molar-refractivity contribution in [2.24, 2.45) is 0 Å². The average Bonchev–Trinajstić information content (AvgIpc) is 3.08. The third-order valence-corrected chi connectivity index (χ3v) is 4.22. The molecule has 0 heterocycles. The highest BCUT2D eigenvalue weighted by molar-refractivity contribution is 5.88. The zero-order valence-electron chi connectivity index (χ0n) is 13.1. The van der Waals surface area contributed by atoms with Gasteiger partial charge in [0.2, 0.25) is 0 Å². The van der Waals surface area contributed by atoms with E-state index in [0.717, 1.165) is 35.5 Å². The Hall–Kier alpha value is -2.49. The molecule has 23 heavy (non-hydrogen) atoms. The summed E-state index contributed by atoms with van der Waals surface area (Å²) < 4.78 is 11.5. The minimum absolute atomic E-state index is 0.258. The van der Waals surface area contributed by atoms with E-state index in [4.69, 9.17) is 14.6 Å². The van der Waals surface area contributed by atoms with Gasteiger partial charge in [-0.15, -0.1) is 0 Å². The van der Waals surface area contributed by atoms with Crippen LogP contribution in [0.1, 0.15) is 36.0 Å². The van der Waals surface area contributed by atoms with Crippen LogP contribution in [0, 0.1) is 0 Å². The molecule has 0 radical (unpaired) electrons. The fraction of sp³-hybridized carbons (Fsp3) is 0.316. The van der Waals surface area contributed by atoms with Crippen LogP contribution in [-0.2, 0) is 0 Å². The van der Waals surface area contributed by atoms with E-state index in [1.807, 2.05) is 30.3 Å². The number of aromatic carboxylic acids is 1. The van der Waals surface area contributed by atoms with Gasteiger partial charge in [0.15, 0.2) is 11.5 Å². The predicted molar refractivity (Wildman–Crippen MR) is 88.3 cm³/mol. The molecule has 0 aromatic heterocycles. The van der Waals surface area contributed by atoms with Crippen molar-refractivity contribution in [3.63, 3.8) is 0 Å². The van der Waals surface area contributed by atoms with Gasteiger partial charge in [0.1, 0.15) is 0 Å². The van der Waals surface area contributed by atoms with Crippen LogP contribution in [0.25, 0.3) is 11.1 Å². The summed E-state index contributed by atoms with van der Waals surface area (Å²) in [4.78, 5) is 10.9. The topological polar surface area (TPSA) is 55.8 Å². The second-order valence-electron chi connectivity index (χ2n) is 5.77. The number of carboxylic acid groups (broad SMARTS) is 1. The number of carboxylic acids is 1. The number of hydrogen-bond acceptors (Lipinski definition) is 3. The van der Waals surface area contributed by atoms with Crippen LogP contribution < -0.4 is 9.47 Å². The number of methoxy groups -OCH3 is 1. The minimum Gasteiger partial charge on any atom is -0.493 e. The van der Waals surface area contributed by atoms with E-state index in [-0.39, 0.29) is 11.7 Å². The number of carbonyl (C=O) groups is 1. The van der Waals surface area contributed by atoms with Crippen LogP contribution in [-0.4, -0.2) is 24.3 Å². The highest BCUT2D eigenvalue weighted by Crippen LogP contribution is 2.35. The summed E-state index contributed by atoms with van der Waals surface area (Å²) in [5, 5.41) is 8.98. The molecule has 0 aliphatic heterocycles. The minimum atomic E-state index is -0.920. The molecule has 0 atom stereocenters. The van der Waals surface area contributed by atoms with Crippen LogP contribution in [0.5, 0.6) is 11.5 Å². The maximum absolute atomic E-state index is 10.9. The van der Waals surface area contributed by atoms with Gasteiger partial charge in [-0.05, 0) is 61.1 Å². The number of rotatable bonds is 5. The Labute approximate surface area is 135 Å². The molecule has 2 aromatic rings. The molecule has 3 rings (SSSR count). The maximum atomic E-state index is 10.9. The Kier molecular flexibility index (Phi) is 4.51. The zero-order chi connectivity index (χ0) is 16.2. The van der Waals surface area contributed by atoms with E-state index < -0.39 is 5.97 Å². The molecule has 1 N–H and O–H groups in total. The van der Waals surface area contributed by atoms with Gasteiger partial charge >= 0.3 is 5.97 Å². The standard InChI is InChI=1S/C19H20O4/c1-22-17-11-10-15(12-18(17)23-16-4-2-3-5-16)13-6-8-14(9-7-13)19(20)21/h6-12,16H,2-5H2,1H3,(H,20,21). The fourth-order valence-electron chi connectivity index (χ4n) is 2.94. The van der Waals surface area contributed by atoms with E-state index >= 15 is 0 Å². The van der Waals surface area contributed by atoms with Gasteiger partial charge < -0.3 is 14.6 Å². The van der Waals surface area contributed by atoms with Crippen molar-refractivity contribution < 1.29 is 19.4 Å². The van der Waals surface area contributed by atoms with E-state index in [0.29, 0.717) is 0 Å². The van der Waals surface area contributed by atoms with E-state index in [1.165, 1.54) is 12.8 Å². The van der Waals surface area contributed by atoms with Crippen molar-refractivity contribution in [3.05, 3.63) is 48.0 Å². The lowest BCUT2D eigenvalue weighted by Gasteiger charge is -2.17. The van der Waals surface area contributed by atoms with Crippen LogP contribution in [0.15, 0.2) is 42.5 Å². The number of hydrogen-bond donors (Lipinski definition) is 1. The summed E-state index contributed by atoms with van der Waals surface area (Å²) >= 11 is 0.